The maximum absolute atomic E-state index is 10.6. The molecule has 0 aromatic carbocycles. The highest BCUT2D eigenvalue weighted by molar-refractivity contribution is 7.98. The third-order valence-electron chi connectivity index (χ3n) is 2.08. The topological polar surface area (TPSA) is 93.8 Å². The van der Waals surface area contributed by atoms with Crippen LogP contribution in [0.1, 0.15) is 11.4 Å². The summed E-state index contributed by atoms with van der Waals surface area (Å²) in [6, 6.07) is 5.76. The Bertz CT molecular complexity index is 557. The van der Waals surface area contributed by atoms with Crippen LogP contribution in [0.4, 0.5) is 0 Å². The van der Waals surface area contributed by atoms with E-state index in [1.165, 1.54) is 16.4 Å². The van der Waals surface area contributed by atoms with Crippen LogP contribution in [0.25, 0.3) is 0 Å². The third kappa shape index (κ3) is 3.27. The smallest absolute Gasteiger partial charge is 0.325 e. The van der Waals surface area contributed by atoms with E-state index in [0.29, 0.717) is 10.9 Å². The van der Waals surface area contributed by atoms with Gasteiger partial charge in [0.15, 0.2) is 0 Å². The highest BCUT2D eigenvalue weighted by Gasteiger charge is 2.10. The first-order chi connectivity index (χ1) is 8.65. The molecule has 0 unspecified atom stereocenters. The van der Waals surface area contributed by atoms with Gasteiger partial charge in [0.1, 0.15) is 6.54 Å². The van der Waals surface area contributed by atoms with Gasteiger partial charge in [-0.2, -0.15) is 0 Å². The van der Waals surface area contributed by atoms with Crippen molar-refractivity contribution in [1.82, 2.24) is 25.2 Å². The molecule has 0 fully saturated rings. The number of carbonyl (C=O) groups is 1. The number of hydrogen-bond acceptors (Lipinski definition) is 6. The summed E-state index contributed by atoms with van der Waals surface area (Å²) >= 11 is 1.36. The molecule has 0 radical (unpaired) electrons. The lowest BCUT2D eigenvalue weighted by Crippen LogP contribution is -2.11. The molecule has 0 amide bonds. The lowest BCUT2D eigenvalue weighted by atomic mass is 10.3. The summed E-state index contributed by atoms with van der Waals surface area (Å²) in [5, 5.41) is 20.0. The number of rotatable bonds is 5. The molecule has 1 N–H and O–H groups in total. The molecule has 0 aliphatic carbocycles. The van der Waals surface area contributed by atoms with E-state index < -0.39 is 5.97 Å². The number of carboxylic acid groups (broad SMARTS) is 1. The van der Waals surface area contributed by atoms with Crippen molar-refractivity contribution in [3.63, 3.8) is 0 Å². The Morgan fingerprint density at radius 1 is 1.50 bits per heavy atom. The Hall–Kier alpha value is -1.96. The van der Waals surface area contributed by atoms with Crippen LogP contribution in [0.3, 0.4) is 0 Å². The molecule has 7 nitrogen and oxygen atoms in total. The second kappa shape index (κ2) is 5.58. The van der Waals surface area contributed by atoms with Crippen LogP contribution in [-0.4, -0.2) is 36.3 Å². The van der Waals surface area contributed by atoms with Crippen LogP contribution in [0, 0.1) is 6.92 Å². The van der Waals surface area contributed by atoms with E-state index in [-0.39, 0.29) is 6.54 Å². The van der Waals surface area contributed by atoms with Gasteiger partial charge < -0.3 is 5.11 Å². The van der Waals surface area contributed by atoms with E-state index >= 15 is 0 Å². The molecule has 0 aliphatic heterocycles. The lowest BCUT2D eigenvalue weighted by molar-refractivity contribution is -0.138. The molecule has 2 aromatic rings. The van der Waals surface area contributed by atoms with E-state index in [0.717, 1.165) is 11.4 Å². The summed E-state index contributed by atoms with van der Waals surface area (Å²) in [6.07, 6.45) is 0. The Labute approximate surface area is 107 Å². The minimum absolute atomic E-state index is 0.240. The van der Waals surface area contributed by atoms with Crippen LogP contribution in [0.2, 0.25) is 0 Å². The normalized spacial score (nSPS) is 10.5. The number of thioether (sulfide) groups is 1. The maximum atomic E-state index is 10.6. The second-order valence-electron chi connectivity index (χ2n) is 3.57. The molecule has 8 heteroatoms. The molecule has 18 heavy (non-hydrogen) atoms. The van der Waals surface area contributed by atoms with Gasteiger partial charge >= 0.3 is 5.97 Å². The second-order valence-corrected chi connectivity index (χ2v) is 4.51. The summed E-state index contributed by atoms with van der Waals surface area (Å²) in [4.78, 5) is 14.9. The zero-order chi connectivity index (χ0) is 13.0. The van der Waals surface area contributed by atoms with Crippen molar-refractivity contribution >= 4 is 17.7 Å². The SMILES string of the molecule is Cc1cccc(CSc2nnnn2CC(=O)O)n1. The summed E-state index contributed by atoms with van der Waals surface area (Å²) in [5.41, 5.74) is 1.85. The maximum Gasteiger partial charge on any atom is 0.325 e. The summed E-state index contributed by atoms with van der Waals surface area (Å²) in [5.74, 6) is -0.375. The molecule has 2 heterocycles. The van der Waals surface area contributed by atoms with Crippen molar-refractivity contribution in [3.05, 3.63) is 29.6 Å². The van der Waals surface area contributed by atoms with E-state index in [1.807, 2.05) is 25.1 Å². The van der Waals surface area contributed by atoms with E-state index in [4.69, 9.17) is 5.11 Å². The van der Waals surface area contributed by atoms with E-state index in [1.54, 1.807) is 0 Å². The quantitative estimate of drug-likeness (QED) is 0.797. The molecule has 0 saturated heterocycles. The van der Waals surface area contributed by atoms with Gasteiger partial charge in [-0.05, 0) is 29.5 Å². The predicted octanol–water partition coefficient (Wildman–Crippen LogP) is 0.753. The molecular formula is C10H11N5O2S. The molecule has 2 aromatic heterocycles. The minimum Gasteiger partial charge on any atom is -0.480 e. The third-order valence-corrected chi connectivity index (χ3v) is 3.07. The average Bonchev–Trinajstić information content (AvgIpc) is 2.73. The van der Waals surface area contributed by atoms with Crippen molar-refractivity contribution in [2.75, 3.05) is 0 Å². The molecular weight excluding hydrogens is 254 g/mol. The van der Waals surface area contributed by atoms with Crippen molar-refractivity contribution in [2.24, 2.45) is 0 Å². The van der Waals surface area contributed by atoms with Crippen LogP contribution >= 0.6 is 11.8 Å². The molecule has 0 bridgehead atoms. The van der Waals surface area contributed by atoms with E-state index in [2.05, 4.69) is 20.5 Å². The Balaban J connectivity index is 2.02. The largest absolute Gasteiger partial charge is 0.480 e. The Morgan fingerprint density at radius 2 is 2.33 bits per heavy atom. The molecule has 0 spiro atoms. The van der Waals surface area contributed by atoms with Gasteiger partial charge in [-0.1, -0.05) is 17.8 Å². The highest BCUT2D eigenvalue weighted by Crippen LogP contribution is 2.18. The van der Waals surface area contributed by atoms with Crippen LogP contribution in [-0.2, 0) is 17.1 Å². The first kappa shape index (κ1) is 12.5. The standard InChI is InChI=1S/C10H11N5O2S/c1-7-3-2-4-8(11-7)6-18-10-12-13-14-15(10)5-9(16)17/h2-4H,5-6H2,1H3,(H,16,17). The van der Waals surface area contributed by atoms with Gasteiger partial charge in [0.25, 0.3) is 0 Å². The number of nitrogens with zero attached hydrogens (tertiary/aromatic N) is 5. The number of pyridine rings is 1. The van der Waals surface area contributed by atoms with Gasteiger partial charge in [0, 0.05) is 11.4 Å². The van der Waals surface area contributed by atoms with Crippen LogP contribution in [0.5, 0.6) is 0 Å². The zero-order valence-electron chi connectivity index (χ0n) is 9.65. The van der Waals surface area contributed by atoms with Gasteiger partial charge in [-0.15, -0.1) is 5.10 Å². The molecule has 0 aliphatic rings. The number of tetrazole rings is 1. The Kier molecular flexibility index (Phi) is 3.88. The van der Waals surface area contributed by atoms with Crippen LogP contribution < -0.4 is 0 Å². The fourth-order valence-corrected chi connectivity index (χ4v) is 2.13. The number of aliphatic carboxylic acids is 1. The number of aryl methyl sites for hydroxylation is 1. The number of aromatic nitrogens is 5. The van der Waals surface area contributed by atoms with Gasteiger partial charge in [0.05, 0.1) is 5.69 Å². The molecule has 0 atom stereocenters. The summed E-state index contributed by atoms with van der Waals surface area (Å²) in [7, 11) is 0. The predicted molar refractivity (Wildman–Crippen MR) is 64.0 cm³/mol. The van der Waals surface area contributed by atoms with E-state index in [9.17, 15) is 4.79 Å². The fraction of sp³-hybridized carbons (Fsp3) is 0.300. The molecule has 0 saturated carbocycles. The molecule has 94 valence electrons. The number of hydrogen-bond donors (Lipinski definition) is 1. The van der Waals surface area contributed by atoms with Gasteiger partial charge in [-0.3, -0.25) is 9.78 Å². The van der Waals surface area contributed by atoms with Crippen LogP contribution in [0.15, 0.2) is 23.4 Å². The van der Waals surface area contributed by atoms with Gasteiger partial charge in [0.2, 0.25) is 5.16 Å². The van der Waals surface area contributed by atoms with Gasteiger partial charge in [-0.25, -0.2) is 4.68 Å². The monoisotopic (exact) mass is 265 g/mol. The van der Waals surface area contributed by atoms with Crippen molar-refractivity contribution < 1.29 is 9.90 Å². The summed E-state index contributed by atoms with van der Waals surface area (Å²) in [6.45, 7) is 1.68. The highest BCUT2D eigenvalue weighted by atomic mass is 32.2. The summed E-state index contributed by atoms with van der Waals surface area (Å²) < 4.78 is 1.25. The van der Waals surface area contributed by atoms with Crippen molar-refractivity contribution in [3.8, 4) is 0 Å². The first-order valence-electron chi connectivity index (χ1n) is 5.18. The average molecular weight is 265 g/mol. The minimum atomic E-state index is -0.974. The lowest BCUT2D eigenvalue weighted by Gasteiger charge is -2.02. The van der Waals surface area contributed by atoms with Crippen molar-refractivity contribution in [1.29, 1.82) is 0 Å². The van der Waals surface area contributed by atoms with Crippen molar-refractivity contribution in [2.45, 2.75) is 24.4 Å². The first-order valence-corrected chi connectivity index (χ1v) is 6.17. The zero-order valence-corrected chi connectivity index (χ0v) is 10.5. The fourth-order valence-electron chi connectivity index (χ4n) is 1.35. The molecule has 2 rings (SSSR count). The number of carboxylic acids is 1. The Morgan fingerprint density at radius 3 is 3.06 bits per heavy atom.